The molecule has 9 nitrogen and oxygen atoms in total. The highest BCUT2D eigenvalue weighted by Crippen LogP contribution is 2.45. The van der Waals surface area contributed by atoms with Crippen LogP contribution < -0.4 is 20.9 Å². The zero-order valence-electron chi connectivity index (χ0n) is 18.1. The molecule has 3 N–H and O–H groups in total. The Labute approximate surface area is 199 Å². The molecule has 1 aromatic carbocycles. The number of nitrogens with one attached hydrogen (secondary N) is 3. The highest BCUT2D eigenvalue weighted by molar-refractivity contribution is 7.21. The molecule has 5 heterocycles. The van der Waals surface area contributed by atoms with Crippen LogP contribution in [0.25, 0.3) is 21.3 Å². The van der Waals surface area contributed by atoms with E-state index in [1.807, 2.05) is 36.4 Å². The molecule has 0 unspecified atom stereocenters. The van der Waals surface area contributed by atoms with Crippen LogP contribution in [0.3, 0.4) is 0 Å². The summed E-state index contributed by atoms with van der Waals surface area (Å²) in [7, 11) is 0. The minimum atomic E-state index is -0.397. The Kier molecular flexibility index (Phi) is 5.16. The molecule has 170 valence electrons. The maximum Gasteiger partial charge on any atom is 0.332 e. The van der Waals surface area contributed by atoms with Gasteiger partial charge in [0, 0.05) is 24.3 Å². The molecule has 34 heavy (non-hydrogen) atoms. The number of carbonyl (C=O) groups excluding carboxylic acids is 2. The van der Waals surface area contributed by atoms with Gasteiger partial charge in [0.15, 0.2) is 5.82 Å². The second kappa shape index (κ2) is 8.47. The minimum Gasteiger partial charge on any atom is -0.347 e. The number of pyridine rings is 1. The van der Waals surface area contributed by atoms with E-state index in [9.17, 15) is 9.59 Å². The van der Waals surface area contributed by atoms with Crippen molar-refractivity contribution in [2.24, 2.45) is 0 Å². The third-order valence-corrected chi connectivity index (χ3v) is 7.16. The first-order chi connectivity index (χ1) is 16.7. The number of carbonyl (C=O) groups is 2. The number of nitrogens with zero attached hydrogens (tertiary/aromatic N) is 4. The van der Waals surface area contributed by atoms with Crippen LogP contribution in [0.5, 0.6) is 0 Å². The quantitative estimate of drug-likeness (QED) is 0.416. The average Bonchev–Trinajstić information content (AvgIpc) is 3.25. The number of hydrogen-bond acceptors (Lipinski definition) is 7. The molecule has 0 spiro atoms. The van der Waals surface area contributed by atoms with Gasteiger partial charge in [0.05, 0.1) is 23.0 Å². The minimum absolute atomic E-state index is 0.0675. The van der Waals surface area contributed by atoms with Crippen LogP contribution in [-0.2, 0) is 0 Å². The molecule has 0 saturated carbocycles. The third-order valence-electron chi connectivity index (χ3n) is 6.06. The number of aromatic nitrogens is 3. The molecule has 1 fully saturated rings. The summed E-state index contributed by atoms with van der Waals surface area (Å²) >= 11 is 1.28. The van der Waals surface area contributed by atoms with Crippen molar-refractivity contribution in [1.29, 1.82) is 0 Å². The van der Waals surface area contributed by atoms with Gasteiger partial charge in [-0.3, -0.25) is 4.79 Å². The van der Waals surface area contributed by atoms with Crippen LogP contribution in [0, 0.1) is 0 Å². The molecule has 1 saturated heterocycles. The number of thiophene rings is 1. The van der Waals surface area contributed by atoms with Gasteiger partial charge in [0.2, 0.25) is 0 Å². The molecule has 0 bridgehead atoms. The molecule has 4 aromatic rings. The monoisotopic (exact) mass is 471 g/mol. The van der Waals surface area contributed by atoms with E-state index in [4.69, 9.17) is 0 Å². The highest BCUT2D eigenvalue weighted by Gasteiger charge is 2.34. The Hall–Kier alpha value is -3.89. The van der Waals surface area contributed by atoms with Crippen molar-refractivity contribution in [2.45, 2.75) is 18.9 Å². The van der Waals surface area contributed by atoms with Crippen molar-refractivity contribution in [2.75, 3.05) is 23.3 Å². The van der Waals surface area contributed by atoms with Crippen LogP contribution >= 0.6 is 11.3 Å². The lowest BCUT2D eigenvalue weighted by atomic mass is 10.1. The van der Waals surface area contributed by atoms with Gasteiger partial charge in [-0.15, -0.1) is 16.4 Å². The summed E-state index contributed by atoms with van der Waals surface area (Å²) in [6, 6.07) is 13.1. The zero-order chi connectivity index (χ0) is 23.1. The first-order valence-electron chi connectivity index (χ1n) is 11.1. The van der Waals surface area contributed by atoms with E-state index in [1.165, 1.54) is 16.2 Å². The van der Waals surface area contributed by atoms with E-state index in [1.54, 1.807) is 18.5 Å². The topological polar surface area (TPSA) is 112 Å². The Morgan fingerprint density at radius 3 is 2.88 bits per heavy atom. The predicted molar refractivity (Wildman–Crippen MR) is 132 cm³/mol. The van der Waals surface area contributed by atoms with E-state index >= 15 is 0 Å². The number of piperidine rings is 1. The lowest BCUT2D eigenvalue weighted by Gasteiger charge is -2.27. The molecular formula is C24H21N7O2S. The van der Waals surface area contributed by atoms with E-state index in [-0.39, 0.29) is 11.9 Å². The fourth-order valence-corrected chi connectivity index (χ4v) is 5.47. The number of amides is 3. The SMILES string of the molecule is O=C(N[C@@H]1CCCNC1)c1sc2nccc3c2c1NC(=O)N3c1cc(-c2ccccc2)cnn1. The molecule has 6 rings (SSSR count). The number of benzene rings is 1. The molecule has 1 atom stereocenters. The summed E-state index contributed by atoms with van der Waals surface area (Å²) in [4.78, 5) is 33.5. The Morgan fingerprint density at radius 1 is 1.18 bits per heavy atom. The Bertz CT molecular complexity index is 1400. The van der Waals surface area contributed by atoms with Crippen molar-refractivity contribution in [3.63, 3.8) is 0 Å². The predicted octanol–water partition coefficient (Wildman–Crippen LogP) is 3.92. The number of rotatable bonds is 4. The zero-order valence-corrected chi connectivity index (χ0v) is 18.9. The van der Waals surface area contributed by atoms with E-state index in [0.29, 0.717) is 26.9 Å². The van der Waals surface area contributed by atoms with Gasteiger partial charge in [0.1, 0.15) is 9.71 Å². The molecule has 2 aliphatic heterocycles. The summed E-state index contributed by atoms with van der Waals surface area (Å²) in [6.07, 6.45) is 5.26. The van der Waals surface area contributed by atoms with Gasteiger partial charge in [-0.2, -0.15) is 5.10 Å². The maximum absolute atomic E-state index is 13.3. The van der Waals surface area contributed by atoms with Crippen LogP contribution in [0.15, 0.2) is 54.9 Å². The summed E-state index contributed by atoms with van der Waals surface area (Å²) in [5.41, 5.74) is 2.94. The van der Waals surface area contributed by atoms with Gasteiger partial charge in [-0.25, -0.2) is 14.7 Å². The van der Waals surface area contributed by atoms with Gasteiger partial charge in [-0.1, -0.05) is 30.3 Å². The fourth-order valence-electron chi connectivity index (χ4n) is 4.45. The fraction of sp³-hybridized carbons (Fsp3) is 0.208. The maximum atomic E-state index is 13.3. The normalized spacial score (nSPS) is 17.5. The Morgan fingerprint density at radius 2 is 2.06 bits per heavy atom. The largest absolute Gasteiger partial charge is 0.347 e. The summed E-state index contributed by atoms with van der Waals surface area (Å²) < 4.78 is 0. The standard InChI is InChI=1S/C24H21N7O2S/c32-22(28-16-7-4-9-25-13-16)21-20-19-17(8-10-26-23(19)34-21)31(24(33)29-20)18-11-15(12-27-30-18)14-5-2-1-3-6-14/h1-3,5-6,8,10-12,16,25H,4,7,9,13H2,(H,28,32)(H,29,33)/t16-/m1/s1. The van der Waals surface area contributed by atoms with E-state index < -0.39 is 6.03 Å². The van der Waals surface area contributed by atoms with Crippen LogP contribution in [0.2, 0.25) is 0 Å². The third kappa shape index (κ3) is 3.57. The molecule has 0 aliphatic carbocycles. The van der Waals surface area contributed by atoms with Gasteiger partial charge in [-0.05, 0) is 37.1 Å². The summed E-state index contributed by atoms with van der Waals surface area (Å²) in [5.74, 6) is 0.194. The Balaban J connectivity index is 1.40. The molecule has 2 aliphatic rings. The van der Waals surface area contributed by atoms with E-state index in [0.717, 1.165) is 42.4 Å². The molecular weight excluding hydrogens is 450 g/mol. The number of hydrogen-bond donors (Lipinski definition) is 3. The summed E-state index contributed by atoms with van der Waals surface area (Å²) in [5, 5.41) is 18.4. The molecule has 3 aromatic heterocycles. The molecule has 0 radical (unpaired) electrons. The molecule has 3 amide bonds. The number of urea groups is 1. The van der Waals surface area contributed by atoms with Crippen LogP contribution in [0.4, 0.5) is 22.0 Å². The van der Waals surface area contributed by atoms with Crippen LogP contribution in [-0.4, -0.2) is 46.3 Å². The highest BCUT2D eigenvalue weighted by atomic mass is 32.1. The smallest absolute Gasteiger partial charge is 0.332 e. The van der Waals surface area contributed by atoms with Crippen molar-refractivity contribution >= 4 is 50.7 Å². The summed E-state index contributed by atoms with van der Waals surface area (Å²) in [6.45, 7) is 1.71. The molecule has 10 heteroatoms. The lowest BCUT2D eigenvalue weighted by molar-refractivity contribution is 0.0935. The van der Waals surface area contributed by atoms with Crippen molar-refractivity contribution in [3.05, 3.63) is 59.7 Å². The average molecular weight is 472 g/mol. The van der Waals surface area contributed by atoms with Gasteiger partial charge < -0.3 is 16.0 Å². The first kappa shape index (κ1) is 20.7. The van der Waals surface area contributed by atoms with Crippen molar-refractivity contribution in [3.8, 4) is 11.1 Å². The van der Waals surface area contributed by atoms with Gasteiger partial charge in [0.25, 0.3) is 5.91 Å². The first-order valence-corrected chi connectivity index (χ1v) is 11.9. The number of anilines is 3. The second-order valence-electron chi connectivity index (χ2n) is 8.27. The van der Waals surface area contributed by atoms with Crippen molar-refractivity contribution < 1.29 is 9.59 Å². The van der Waals surface area contributed by atoms with Gasteiger partial charge >= 0.3 is 6.03 Å². The lowest BCUT2D eigenvalue weighted by Crippen LogP contribution is -2.45. The van der Waals surface area contributed by atoms with Crippen molar-refractivity contribution in [1.82, 2.24) is 25.8 Å². The van der Waals surface area contributed by atoms with E-state index in [2.05, 4.69) is 31.1 Å². The van der Waals surface area contributed by atoms with Crippen LogP contribution in [0.1, 0.15) is 22.5 Å². The second-order valence-corrected chi connectivity index (χ2v) is 9.27.